The molecular formula is C10H19N. The lowest BCUT2D eigenvalue weighted by atomic mass is 10.1. The number of hydrogen-bond donors (Lipinski definition) is 1. The fraction of sp³-hybridized carbons (Fsp3) is 0.800. The summed E-state index contributed by atoms with van der Waals surface area (Å²) >= 11 is 0. The second-order valence-corrected chi connectivity index (χ2v) is 3.64. The van der Waals surface area contributed by atoms with Gasteiger partial charge in [-0.3, -0.25) is 0 Å². The highest BCUT2D eigenvalue weighted by Gasteiger charge is 2.20. The summed E-state index contributed by atoms with van der Waals surface area (Å²) < 4.78 is 0. The van der Waals surface area contributed by atoms with Crippen molar-refractivity contribution in [2.24, 2.45) is 5.92 Å². The van der Waals surface area contributed by atoms with Gasteiger partial charge in [0.25, 0.3) is 0 Å². The van der Waals surface area contributed by atoms with Crippen molar-refractivity contribution in [3.8, 4) is 0 Å². The van der Waals surface area contributed by atoms with Gasteiger partial charge < -0.3 is 5.32 Å². The second kappa shape index (κ2) is 3.91. The SMILES string of the molecule is CCCNC1CC(C)=CC1C. The summed E-state index contributed by atoms with van der Waals surface area (Å²) in [6.07, 6.45) is 4.87. The lowest BCUT2D eigenvalue weighted by Crippen LogP contribution is -2.32. The van der Waals surface area contributed by atoms with E-state index in [4.69, 9.17) is 0 Å². The van der Waals surface area contributed by atoms with Gasteiger partial charge in [-0.2, -0.15) is 0 Å². The van der Waals surface area contributed by atoms with E-state index in [2.05, 4.69) is 32.2 Å². The predicted molar refractivity (Wildman–Crippen MR) is 49.6 cm³/mol. The molecule has 0 fully saturated rings. The van der Waals surface area contributed by atoms with Crippen molar-refractivity contribution in [3.63, 3.8) is 0 Å². The highest BCUT2D eigenvalue weighted by Crippen LogP contribution is 2.23. The average Bonchev–Trinajstić information content (AvgIpc) is 2.26. The highest BCUT2D eigenvalue weighted by atomic mass is 14.9. The molecule has 0 amide bonds. The minimum absolute atomic E-state index is 0.718. The van der Waals surface area contributed by atoms with Crippen molar-refractivity contribution in [1.29, 1.82) is 0 Å². The monoisotopic (exact) mass is 153 g/mol. The summed E-state index contributed by atoms with van der Waals surface area (Å²) in [6.45, 7) is 7.90. The van der Waals surface area contributed by atoms with Crippen molar-refractivity contribution in [2.45, 2.75) is 39.7 Å². The third-order valence-electron chi connectivity index (χ3n) is 2.38. The van der Waals surface area contributed by atoms with E-state index in [1.165, 1.54) is 12.8 Å². The van der Waals surface area contributed by atoms with E-state index in [9.17, 15) is 0 Å². The molecule has 0 saturated carbocycles. The molecule has 0 aromatic carbocycles. The minimum atomic E-state index is 0.718. The average molecular weight is 153 g/mol. The standard InChI is InChI=1S/C10H19N/c1-4-5-11-10-7-8(2)6-9(10)3/h6,9-11H,4-5,7H2,1-3H3. The quantitative estimate of drug-likeness (QED) is 0.614. The molecule has 1 nitrogen and oxygen atoms in total. The maximum Gasteiger partial charge on any atom is 0.0164 e. The smallest absolute Gasteiger partial charge is 0.0164 e. The first kappa shape index (κ1) is 8.79. The molecule has 1 heteroatoms. The summed E-state index contributed by atoms with van der Waals surface area (Å²) in [5.74, 6) is 0.738. The van der Waals surface area contributed by atoms with E-state index in [-0.39, 0.29) is 0 Å². The van der Waals surface area contributed by atoms with Gasteiger partial charge in [-0.15, -0.1) is 0 Å². The summed E-state index contributed by atoms with van der Waals surface area (Å²) in [4.78, 5) is 0. The summed E-state index contributed by atoms with van der Waals surface area (Å²) in [5, 5.41) is 3.56. The molecule has 11 heavy (non-hydrogen) atoms. The largest absolute Gasteiger partial charge is 0.313 e. The molecule has 1 N–H and O–H groups in total. The van der Waals surface area contributed by atoms with E-state index in [1.54, 1.807) is 5.57 Å². The van der Waals surface area contributed by atoms with E-state index in [0.717, 1.165) is 18.5 Å². The first-order chi connectivity index (χ1) is 5.24. The Morgan fingerprint density at radius 3 is 2.82 bits per heavy atom. The van der Waals surface area contributed by atoms with Crippen LogP contribution in [-0.4, -0.2) is 12.6 Å². The topological polar surface area (TPSA) is 12.0 Å². The van der Waals surface area contributed by atoms with Crippen LogP contribution in [0.2, 0.25) is 0 Å². The lowest BCUT2D eigenvalue weighted by Gasteiger charge is -2.16. The van der Waals surface area contributed by atoms with Crippen LogP contribution >= 0.6 is 0 Å². The Hall–Kier alpha value is -0.300. The van der Waals surface area contributed by atoms with Crippen molar-refractivity contribution >= 4 is 0 Å². The molecule has 0 aromatic rings. The van der Waals surface area contributed by atoms with Crippen molar-refractivity contribution < 1.29 is 0 Å². The third kappa shape index (κ3) is 2.33. The molecule has 1 rings (SSSR count). The molecule has 0 bridgehead atoms. The van der Waals surface area contributed by atoms with E-state index in [0.29, 0.717) is 0 Å². The second-order valence-electron chi connectivity index (χ2n) is 3.64. The predicted octanol–water partition coefficient (Wildman–Crippen LogP) is 2.34. The van der Waals surface area contributed by atoms with Crippen LogP contribution < -0.4 is 5.32 Å². The van der Waals surface area contributed by atoms with Gasteiger partial charge in [-0.05, 0) is 32.2 Å². The van der Waals surface area contributed by atoms with E-state index in [1.807, 2.05) is 0 Å². The van der Waals surface area contributed by atoms with Gasteiger partial charge >= 0.3 is 0 Å². The summed E-state index contributed by atoms with van der Waals surface area (Å²) in [7, 11) is 0. The van der Waals surface area contributed by atoms with Crippen LogP contribution in [-0.2, 0) is 0 Å². The Morgan fingerprint density at radius 2 is 2.36 bits per heavy atom. The normalized spacial score (nSPS) is 30.6. The number of hydrogen-bond acceptors (Lipinski definition) is 1. The van der Waals surface area contributed by atoms with Gasteiger partial charge in [-0.1, -0.05) is 25.5 Å². The fourth-order valence-corrected chi connectivity index (χ4v) is 1.75. The Labute approximate surface area is 69.9 Å². The zero-order valence-corrected chi connectivity index (χ0v) is 7.85. The number of rotatable bonds is 3. The minimum Gasteiger partial charge on any atom is -0.313 e. The van der Waals surface area contributed by atoms with Crippen molar-refractivity contribution in [2.75, 3.05) is 6.54 Å². The Kier molecular flexibility index (Phi) is 3.13. The maximum atomic E-state index is 3.56. The van der Waals surface area contributed by atoms with Crippen LogP contribution in [0.3, 0.4) is 0 Å². The van der Waals surface area contributed by atoms with Crippen molar-refractivity contribution in [3.05, 3.63) is 11.6 Å². The Balaban J connectivity index is 2.28. The molecule has 0 aliphatic heterocycles. The van der Waals surface area contributed by atoms with Crippen LogP contribution in [0.1, 0.15) is 33.6 Å². The molecule has 0 saturated heterocycles. The highest BCUT2D eigenvalue weighted by molar-refractivity contribution is 5.12. The Morgan fingerprint density at radius 1 is 1.64 bits per heavy atom. The molecule has 2 atom stereocenters. The van der Waals surface area contributed by atoms with Crippen LogP contribution in [0.4, 0.5) is 0 Å². The molecule has 0 radical (unpaired) electrons. The molecule has 0 aromatic heterocycles. The molecule has 0 spiro atoms. The van der Waals surface area contributed by atoms with Crippen LogP contribution in [0.25, 0.3) is 0 Å². The van der Waals surface area contributed by atoms with Gasteiger partial charge in [0.15, 0.2) is 0 Å². The summed E-state index contributed by atoms with van der Waals surface area (Å²) in [5.41, 5.74) is 1.55. The zero-order chi connectivity index (χ0) is 8.27. The van der Waals surface area contributed by atoms with Gasteiger partial charge in [0.2, 0.25) is 0 Å². The fourth-order valence-electron chi connectivity index (χ4n) is 1.75. The lowest BCUT2D eigenvalue weighted by molar-refractivity contribution is 0.452. The zero-order valence-electron chi connectivity index (χ0n) is 7.85. The van der Waals surface area contributed by atoms with Crippen molar-refractivity contribution in [1.82, 2.24) is 5.32 Å². The molecule has 1 aliphatic carbocycles. The maximum absolute atomic E-state index is 3.56. The van der Waals surface area contributed by atoms with Gasteiger partial charge in [0, 0.05) is 6.04 Å². The molecule has 64 valence electrons. The van der Waals surface area contributed by atoms with Crippen LogP contribution in [0.15, 0.2) is 11.6 Å². The molecule has 0 heterocycles. The summed E-state index contributed by atoms with van der Waals surface area (Å²) in [6, 6.07) is 0.718. The van der Waals surface area contributed by atoms with Gasteiger partial charge in [-0.25, -0.2) is 0 Å². The molecule has 1 aliphatic rings. The van der Waals surface area contributed by atoms with Crippen LogP contribution in [0, 0.1) is 5.92 Å². The van der Waals surface area contributed by atoms with E-state index < -0.39 is 0 Å². The Bertz CT molecular complexity index is 149. The third-order valence-corrected chi connectivity index (χ3v) is 2.38. The van der Waals surface area contributed by atoms with E-state index >= 15 is 0 Å². The van der Waals surface area contributed by atoms with Gasteiger partial charge in [0.05, 0.1) is 0 Å². The van der Waals surface area contributed by atoms with Gasteiger partial charge in [0.1, 0.15) is 0 Å². The first-order valence-electron chi connectivity index (χ1n) is 4.64. The molecule has 2 unspecified atom stereocenters. The molecular weight excluding hydrogens is 134 g/mol. The number of nitrogens with one attached hydrogen (secondary N) is 1. The first-order valence-corrected chi connectivity index (χ1v) is 4.64. The van der Waals surface area contributed by atoms with Crippen LogP contribution in [0.5, 0.6) is 0 Å².